The minimum absolute atomic E-state index is 0.000128. The first-order valence-electron chi connectivity index (χ1n) is 8.20. The monoisotopic (exact) mass is 374 g/mol. The number of nitro benzene ring substituents is 1. The highest BCUT2D eigenvalue weighted by Gasteiger charge is 2.08. The molecule has 2 aromatic carbocycles. The molecule has 0 spiro atoms. The number of nitro groups is 1. The molecule has 9 heteroatoms. The van der Waals surface area contributed by atoms with Crippen molar-refractivity contribution in [2.45, 2.75) is 19.8 Å². The lowest BCUT2D eigenvalue weighted by Gasteiger charge is -2.09. The molecule has 8 nitrogen and oxygen atoms in total. The van der Waals surface area contributed by atoms with Gasteiger partial charge in [0.05, 0.1) is 10.6 Å². The molecule has 0 saturated heterocycles. The fourth-order valence-corrected chi connectivity index (χ4v) is 2.29. The fourth-order valence-electron chi connectivity index (χ4n) is 2.29. The van der Waals surface area contributed by atoms with Crippen molar-refractivity contribution >= 4 is 34.6 Å². The molecule has 0 radical (unpaired) electrons. The van der Waals surface area contributed by atoms with Crippen molar-refractivity contribution in [3.63, 3.8) is 0 Å². The van der Waals surface area contributed by atoms with Crippen LogP contribution in [-0.4, -0.2) is 23.3 Å². The van der Waals surface area contributed by atoms with Gasteiger partial charge in [-0.2, -0.15) is 0 Å². The molecule has 27 heavy (non-hydrogen) atoms. The molecule has 2 amide bonds. The lowest BCUT2D eigenvalue weighted by molar-refractivity contribution is -0.384. The third kappa shape index (κ3) is 6.38. The Balaban J connectivity index is 1.77. The lowest BCUT2D eigenvalue weighted by Crippen LogP contribution is -2.14. The van der Waals surface area contributed by atoms with Crippen LogP contribution in [0.25, 0.3) is 0 Å². The summed E-state index contributed by atoms with van der Waals surface area (Å²) in [7, 11) is 0. The van der Waals surface area contributed by atoms with E-state index in [1.54, 1.807) is 12.1 Å². The van der Waals surface area contributed by atoms with Gasteiger partial charge >= 0.3 is 0 Å². The van der Waals surface area contributed by atoms with Gasteiger partial charge in [0, 0.05) is 43.4 Å². The van der Waals surface area contributed by atoms with Crippen LogP contribution in [0, 0.1) is 15.9 Å². The van der Waals surface area contributed by atoms with Crippen molar-refractivity contribution < 1.29 is 18.9 Å². The molecular weight excluding hydrogens is 355 g/mol. The van der Waals surface area contributed by atoms with Gasteiger partial charge in [-0.05, 0) is 36.8 Å². The summed E-state index contributed by atoms with van der Waals surface area (Å²) in [6.45, 7) is 1.77. The summed E-state index contributed by atoms with van der Waals surface area (Å²) >= 11 is 0. The van der Waals surface area contributed by atoms with E-state index in [2.05, 4.69) is 16.0 Å². The van der Waals surface area contributed by atoms with Crippen molar-refractivity contribution in [1.82, 2.24) is 0 Å². The molecule has 2 aromatic rings. The summed E-state index contributed by atoms with van der Waals surface area (Å²) in [5.74, 6) is -1.24. The Morgan fingerprint density at radius 1 is 1.07 bits per heavy atom. The van der Waals surface area contributed by atoms with Crippen molar-refractivity contribution in [3.8, 4) is 0 Å². The molecular formula is C18H19FN4O4. The summed E-state index contributed by atoms with van der Waals surface area (Å²) in [6, 6.07) is 9.92. The molecule has 0 aliphatic rings. The number of nitrogens with one attached hydrogen (secondary N) is 3. The quantitative estimate of drug-likeness (QED) is 0.372. The van der Waals surface area contributed by atoms with E-state index in [9.17, 15) is 24.1 Å². The van der Waals surface area contributed by atoms with Gasteiger partial charge in [-0.15, -0.1) is 0 Å². The van der Waals surface area contributed by atoms with E-state index in [-0.39, 0.29) is 23.7 Å². The van der Waals surface area contributed by atoms with Crippen LogP contribution in [0.4, 0.5) is 27.1 Å². The van der Waals surface area contributed by atoms with Gasteiger partial charge in [-0.3, -0.25) is 19.7 Å². The standard InChI is InChI=1S/C18H19FN4O4/c1-12(24)21-17-11-14(6-9-16(17)19)22-18(25)3-2-10-20-13-4-7-15(8-5-13)23(26)27/h4-9,11,20H,2-3,10H2,1H3,(H,21,24)(H,22,25). The number of amides is 2. The van der Waals surface area contributed by atoms with E-state index in [1.165, 1.54) is 31.2 Å². The van der Waals surface area contributed by atoms with Crippen LogP contribution in [-0.2, 0) is 9.59 Å². The van der Waals surface area contributed by atoms with E-state index >= 15 is 0 Å². The van der Waals surface area contributed by atoms with Crippen LogP contribution in [0.5, 0.6) is 0 Å². The van der Waals surface area contributed by atoms with Crippen molar-refractivity contribution in [1.29, 1.82) is 0 Å². The number of rotatable bonds is 8. The summed E-state index contributed by atoms with van der Waals surface area (Å²) < 4.78 is 13.6. The molecule has 2 rings (SSSR count). The molecule has 0 atom stereocenters. The smallest absolute Gasteiger partial charge is 0.269 e. The molecule has 142 valence electrons. The van der Waals surface area contributed by atoms with Gasteiger partial charge in [0.25, 0.3) is 5.69 Å². The minimum Gasteiger partial charge on any atom is -0.385 e. The van der Waals surface area contributed by atoms with Crippen LogP contribution in [0.1, 0.15) is 19.8 Å². The second-order valence-corrected chi connectivity index (χ2v) is 5.76. The predicted octanol–water partition coefficient (Wildman–Crippen LogP) is 3.52. The zero-order valence-corrected chi connectivity index (χ0v) is 14.6. The van der Waals surface area contributed by atoms with E-state index in [0.29, 0.717) is 18.7 Å². The van der Waals surface area contributed by atoms with Crippen molar-refractivity contribution in [2.24, 2.45) is 0 Å². The average molecular weight is 374 g/mol. The van der Waals surface area contributed by atoms with Gasteiger partial charge in [0.1, 0.15) is 5.82 Å². The highest BCUT2D eigenvalue weighted by atomic mass is 19.1. The van der Waals surface area contributed by atoms with Crippen molar-refractivity contribution in [2.75, 3.05) is 22.5 Å². The maximum absolute atomic E-state index is 13.6. The number of benzene rings is 2. The number of hydrogen-bond acceptors (Lipinski definition) is 5. The first-order chi connectivity index (χ1) is 12.8. The normalized spacial score (nSPS) is 10.1. The Morgan fingerprint density at radius 2 is 1.74 bits per heavy atom. The second-order valence-electron chi connectivity index (χ2n) is 5.76. The maximum Gasteiger partial charge on any atom is 0.269 e. The topological polar surface area (TPSA) is 113 Å². The summed E-state index contributed by atoms with van der Waals surface area (Å²) in [5, 5.41) is 18.7. The van der Waals surface area contributed by atoms with E-state index < -0.39 is 16.6 Å². The summed E-state index contributed by atoms with van der Waals surface area (Å²) in [4.78, 5) is 33.1. The zero-order chi connectivity index (χ0) is 19.8. The Bertz CT molecular complexity index is 840. The average Bonchev–Trinajstić information content (AvgIpc) is 2.61. The first kappa shape index (κ1) is 19.8. The third-order valence-corrected chi connectivity index (χ3v) is 3.55. The molecule has 0 aromatic heterocycles. The molecule has 0 unspecified atom stereocenters. The van der Waals surface area contributed by atoms with Gasteiger partial charge in [-0.1, -0.05) is 0 Å². The highest BCUT2D eigenvalue weighted by molar-refractivity contribution is 5.93. The van der Waals surface area contributed by atoms with Gasteiger partial charge < -0.3 is 16.0 Å². The zero-order valence-electron chi connectivity index (χ0n) is 14.6. The Morgan fingerprint density at radius 3 is 2.37 bits per heavy atom. The SMILES string of the molecule is CC(=O)Nc1cc(NC(=O)CCCNc2ccc([N+](=O)[O-])cc2)ccc1F. The molecule has 0 saturated carbocycles. The first-order valence-corrected chi connectivity index (χ1v) is 8.20. The molecule has 0 fully saturated rings. The summed E-state index contributed by atoms with van der Waals surface area (Å²) in [6.07, 6.45) is 0.759. The second kappa shape index (κ2) is 9.27. The number of non-ortho nitro benzene ring substituents is 1. The number of anilines is 3. The van der Waals surface area contributed by atoms with Crippen molar-refractivity contribution in [3.05, 3.63) is 58.4 Å². The fraction of sp³-hybridized carbons (Fsp3) is 0.222. The Kier molecular flexibility index (Phi) is 6.81. The molecule has 0 aliphatic heterocycles. The molecule has 0 aliphatic carbocycles. The lowest BCUT2D eigenvalue weighted by atomic mass is 10.2. The van der Waals surface area contributed by atoms with E-state index in [1.807, 2.05) is 0 Å². The van der Waals surface area contributed by atoms with Crippen LogP contribution >= 0.6 is 0 Å². The molecule has 0 bridgehead atoms. The van der Waals surface area contributed by atoms with Gasteiger partial charge in [0.15, 0.2) is 0 Å². The summed E-state index contributed by atoms with van der Waals surface area (Å²) in [5.41, 5.74) is 1.12. The number of hydrogen-bond donors (Lipinski definition) is 3. The molecule has 3 N–H and O–H groups in total. The van der Waals surface area contributed by atoms with Crippen LogP contribution in [0.3, 0.4) is 0 Å². The van der Waals surface area contributed by atoms with Crippen LogP contribution < -0.4 is 16.0 Å². The van der Waals surface area contributed by atoms with E-state index in [0.717, 1.165) is 11.8 Å². The van der Waals surface area contributed by atoms with Gasteiger partial charge in [0.2, 0.25) is 11.8 Å². The molecule has 0 heterocycles. The number of halogens is 1. The Labute approximate surface area is 154 Å². The minimum atomic E-state index is -0.588. The maximum atomic E-state index is 13.6. The predicted molar refractivity (Wildman–Crippen MR) is 100 cm³/mol. The largest absolute Gasteiger partial charge is 0.385 e. The highest BCUT2D eigenvalue weighted by Crippen LogP contribution is 2.20. The van der Waals surface area contributed by atoms with Crippen LogP contribution in [0.2, 0.25) is 0 Å². The van der Waals surface area contributed by atoms with Gasteiger partial charge in [-0.25, -0.2) is 4.39 Å². The number of carbonyl (C=O) groups excluding carboxylic acids is 2. The van der Waals surface area contributed by atoms with E-state index in [4.69, 9.17) is 0 Å². The third-order valence-electron chi connectivity index (χ3n) is 3.55. The Hall–Kier alpha value is -3.49. The number of nitrogens with zero attached hydrogens (tertiary/aromatic N) is 1. The van der Waals surface area contributed by atoms with Crippen LogP contribution in [0.15, 0.2) is 42.5 Å². The number of carbonyl (C=O) groups is 2.